The number of amides is 2. The molecule has 21 heavy (non-hydrogen) atoms. The van der Waals surface area contributed by atoms with Crippen molar-refractivity contribution in [3.05, 3.63) is 29.8 Å². The fraction of sp³-hybridized carbons (Fsp3) is 0.500. The SMILES string of the molecule is COC(C)(C)C(=O)Nc1ccccc1C(=O)NCC(C)C. The van der Waals surface area contributed by atoms with Gasteiger partial charge in [-0.05, 0) is 31.9 Å². The van der Waals surface area contributed by atoms with Crippen molar-refractivity contribution in [2.45, 2.75) is 33.3 Å². The molecule has 2 N–H and O–H groups in total. The van der Waals surface area contributed by atoms with Gasteiger partial charge < -0.3 is 15.4 Å². The topological polar surface area (TPSA) is 67.4 Å². The second-order valence-corrected chi connectivity index (χ2v) is 5.82. The molecule has 0 fully saturated rings. The summed E-state index contributed by atoms with van der Waals surface area (Å²) in [4.78, 5) is 24.3. The first-order valence-electron chi connectivity index (χ1n) is 7.01. The van der Waals surface area contributed by atoms with E-state index in [1.54, 1.807) is 38.1 Å². The highest BCUT2D eigenvalue weighted by Gasteiger charge is 2.27. The highest BCUT2D eigenvalue weighted by Crippen LogP contribution is 2.18. The lowest BCUT2D eigenvalue weighted by molar-refractivity contribution is -0.133. The maximum Gasteiger partial charge on any atom is 0.256 e. The maximum atomic E-state index is 12.2. The fourth-order valence-electron chi connectivity index (χ4n) is 1.55. The maximum absolute atomic E-state index is 12.2. The zero-order chi connectivity index (χ0) is 16.0. The first kappa shape index (κ1) is 17.2. The van der Waals surface area contributed by atoms with E-state index in [9.17, 15) is 9.59 Å². The molecule has 116 valence electrons. The lowest BCUT2D eigenvalue weighted by atomic mass is 10.1. The van der Waals surface area contributed by atoms with Crippen LogP contribution in [0.3, 0.4) is 0 Å². The predicted molar refractivity (Wildman–Crippen MR) is 83.3 cm³/mol. The number of methoxy groups -OCH3 is 1. The summed E-state index contributed by atoms with van der Waals surface area (Å²) in [6.45, 7) is 7.97. The van der Waals surface area contributed by atoms with Gasteiger partial charge in [-0.25, -0.2) is 0 Å². The number of carbonyl (C=O) groups is 2. The molecule has 0 aliphatic rings. The van der Waals surface area contributed by atoms with E-state index in [0.717, 1.165) is 0 Å². The Labute approximate surface area is 126 Å². The van der Waals surface area contributed by atoms with E-state index in [-0.39, 0.29) is 11.8 Å². The number of ether oxygens (including phenoxy) is 1. The number of anilines is 1. The zero-order valence-electron chi connectivity index (χ0n) is 13.3. The van der Waals surface area contributed by atoms with Crippen LogP contribution in [0.1, 0.15) is 38.1 Å². The van der Waals surface area contributed by atoms with Gasteiger partial charge in [-0.3, -0.25) is 9.59 Å². The quantitative estimate of drug-likeness (QED) is 0.846. The van der Waals surface area contributed by atoms with Crippen LogP contribution >= 0.6 is 0 Å². The van der Waals surface area contributed by atoms with Crippen molar-refractivity contribution in [2.75, 3.05) is 19.0 Å². The van der Waals surface area contributed by atoms with Crippen LogP contribution in [0.2, 0.25) is 0 Å². The minimum absolute atomic E-state index is 0.199. The molecule has 1 rings (SSSR count). The molecule has 5 heteroatoms. The second kappa shape index (κ2) is 7.22. The van der Waals surface area contributed by atoms with Gasteiger partial charge >= 0.3 is 0 Å². The highest BCUT2D eigenvalue weighted by molar-refractivity contribution is 6.05. The highest BCUT2D eigenvalue weighted by atomic mass is 16.5. The molecule has 0 heterocycles. The Bertz CT molecular complexity index is 510. The Kier molecular flexibility index (Phi) is 5.90. The minimum Gasteiger partial charge on any atom is -0.369 e. The van der Waals surface area contributed by atoms with E-state index in [1.165, 1.54) is 7.11 Å². The molecule has 0 saturated heterocycles. The van der Waals surface area contributed by atoms with E-state index in [2.05, 4.69) is 10.6 Å². The lowest BCUT2D eigenvalue weighted by Gasteiger charge is -2.22. The van der Waals surface area contributed by atoms with Crippen molar-refractivity contribution in [3.63, 3.8) is 0 Å². The Morgan fingerprint density at radius 3 is 2.43 bits per heavy atom. The van der Waals surface area contributed by atoms with E-state index >= 15 is 0 Å². The molecular formula is C16H24N2O3. The third kappa shape index (κ3) is 4.86. The lowest BCUT2D eigenvalue weighted by Crippen LogP contribution is -2.39. The van der Waals surface area contributed by atoms with Crippen molar-refractivity contribution in [2.24, 2.45) is 5.92 Å². The van der Waals surface area contributed by atoms with Crippen molar-refractivity contribution in [1.82, 2.24) is 5.32 Å². The summed E-state index contributed by atoms with van der Waals surface area (Å²) in [7, 11) is 1.47. The normalized spacial score (nSPS) is 11.3. The molecule has 0 spiro atoms. The van der Waals surface area contributed by atoms with Crippen LogP contribution in [-0.4, -0.2) is 31.1 Å². The smallest absolute Gasteiger partial charge is 0.256 e. The number of hydrogen-bond donors (Lipinski definition) is 2. The van der Waals surface area contributed by atoms with Crippen molar-refractivity contribution < 1.29 is 14.3 Å². The fourth-order valence-corrected chi connectivity index (χ4v) is 1.55. The second-order valence-electron chi connectivity index (χ2n) is 5.82. The van der Waals surface area contributed by atoms with E-state index < -0.39 is 5.60 Å². The average Bonchev–Trinajstić information content (AvgIpc) is 2.45. The summed E-state index contributed by atoms with van der Waals surface area (Å²) in [5.74, 6) is -0.132. The summed E-state index contributed by atoms with van der Waals surface area (Å²) in [5.41, 5.74) is -0.0334. The van der Waals surface area contributed by atoms with Crippen molar-refractivity contribution in [3.8, 4) is 0 Å². The summed E-state index contributed by atoms with van der Waals surface area (Å²) < 4.78 is 5.14. The summed E-state index contributed by atoms with van der Waals surface area (Å²) in [5, 5.41) is 5.59. The Morgan fingerprint density at radius 2 is 1.86 bits per heavy atom. The standard InChI is InChI=1S/C16H24N2O3/c1-11(2)10-17-14(19)12-8-6-7-9-13(12)18-15(20)16(3,4)21-5/h6-9,11H,10H2,1-5H3,(H,17,19)(H,18,20). The molecule has 5 nitrogen and oxygen atoms in total. The number of nitrogens with one attached hydrogen (secondary N) is 2. The molecule has 0 unspecified atom stereocenters. The van der Waals surface area contributed by atoms with Crippen molar-refractivity contribution >= 4 is 17.5 Å². The predicted octanol–water partition coefficient (Wildman–Crippen LogP) is 2.44. The average molecular weight is 292 g/mol. The molecule has 0 saturated carbocycles. The van der Waals surface area contributed by atoms with E-state index in [0.29, 0.717) is 23.7 Å². The number of rotatable bonds is 6. The third-order valence-electron chi connectivity index (χ3n) is 3.15. The molecule has 1 aromatic rings. The molecule has 0 aromatic heterocycles. The van der Waals surface area contributed by atoms with Crippen LogP contribution in [0.4, 0.5) is 5.69 Å². The first-order chi connectivity index (χ1) is 9.77. The largest absolute Gasteiger partial charge is 0.369 e. The first-order valence-corrected chi connectivity index (χ1v) is 7.01. The van der Waals surface area contributed by atoms with E-state index in [4.69, 9.17) is 4.74 Å². The number of benzene rings is 1. The van der Waals surface area contributed by atoms with Crippen LogP contribution in [0.25, 0.3) is 0 Å². The Hall–Kier alpha value is -1.88. The molecule has 0 bridgehead atoms. The van der Waals surface area contributed by atoms with Crippen LogP contribution in [0.5, 0.6) is 0 Å². The van der Waals surface area contributed by atoms with E-state index in [1.807, 2.05) is 13.8 Å². The minimum atomic E-state index is -0.957. The third-order valence-corrected chi connectivity index (χ3v) is 3.15. The molecule has 0 atom stereocenters. The molecule has 0 aliphatic carbocycles. The van der Waals surface area contributed by atoms with Crippen LogP contribution in [-0.2, 0) is 9.53 Å². The van der Waals surface area contributed by atoms with Gasteiger partial charge in [0.05, 0.1) is 11.3 Å². The van der Waals surface area contributed by atoms with Gasteiger partial charge in [0.15, 0.2) is 0 Å². The van der Waals surface area contributed by atoms with Gasteiger partial charge in [-0.15, -0.1) is 0 Å². The van der Waals surface area contributed by atoms with Gasteiger partial charge in [-0.1, -0.05) is 26.0 Å². The number of hydrogen-bond acceptors (Lipinski definition) is 3. The van der Waals surface area contributed by atoms with Crippen LogP contribution in [0, 0.1) is 5.92 Å². The molecule has 2 amide bonds. The van der Waals surface area contributed by atoms with Gasteiger partial charge in [0.2, 0.25) is 0 Å². The number of carbonyl (C=O) groups excluding carboxylic acids is 2. The van der Waals surface area contributed by atoms with Gasteiger partial charge in [-0.2, -0.15) is 0 Å². The summed E-state index contributed by atoms with van der Waals surface area (Å²) >= 11 is 0. The van der Waals surface area contributed by atoms with Crippen molar-refractivity contribution in [1.29, 1.82) is 0 Å². The Balaban J connectivity index is 2.89. The number of para-hydroxylation sites is 1. The molecule has 1 aromatic carbocycles. The van der Waals surface area contributed by atoms with Crippen LogP contribution < -0.4 is 10.6 Å². The molecular weight excluding hydrogens is 268 g/mol. The molecule has 0 aliphatic heterocycles. The van der Waals surface area contributed by atoms with Gasteiger partial charge in [0.1, 0.15) is 5.60 Å². The summed E-state index contributed by atoms with van der Waals surface area (Å²) in [6.07, 6.45) is 0. The Morgan fingerprint density at radius 1 is 1.24 bits per heavy atom. The summed E-state index contributed by atoms with van der Waals surface area (Å²) in [6, 6.07) is 6.93. The van der Waals surface area contributed by atoms with Crippen LogP contribution in [0.15, 0.2) is 24.3 Å². The van der Waals surface area contributed by atoms with Gasteiger partial charge in [0.25, 0.3) is 11.8 Å². The molecule has 0 radical (unpaired) electrons. The monoisotopic (exact) mass is 292 g/mol. The van der Waals surface area contributed by atoms with Gasteiger partial charge in [0, 0.05) is 13.7 Å². The zero-order valence-corrected chi connectivity index (χ0v) is 13.3.